The molecule has 1 aliphatic rings. The molecule has 0 N–H and O–H groups in total. The second-order valence-electron chi connectivity index (χ2n) is 9.14. The summed E-state index contributed by atoms with van der Waals surface area (Å²) < 4.78 is 0. The van der Waals surface area contributed by atoms with Gasteiger partial charge in [-0.25, -0.2) is 0 Å². The van der Waals surface area contributed by atoms with Crippen LogP contribution in [0.15, 0.2) is 78.9 Å². The monoisotopic (exact) mass is 494 g/mol. The summed E-state index contributed by atoms with van der Waals surface area (Å²) in [5.74, 6) is 0.522. The van der Waals surface area contributed by atoms with E-state index in [9.17, 15) is 4.79 Å². The molecule has 178 valence electrons. The molecule has 3 aromatic carbocycles. The topological polar surface area (TPSA) is 23.6 Å². The van der Waals surface area contributed by atoms with Crippen molar-refractivity contribution in [3.63, 3.8) is 0 Å². The molecule has 0 spiro atoms. The van der Waals surface area contributed by atoms with Gasteiger partial charge < -0.3 is 4.90 Å². The first-order chi connectivity index (χ1) is 16.5. The Bertz CT molecular complexity index is 1030. The van der Waals surface area contributed by atoms with E-state index in [-0.39, 0.29) is 11.8 Å². The summed E-state index contributed by atoms with van der Waals surface area (Å²) in [4.78, 5) is 18.2. The molecule has 0 aromatic heterocycles. The first kappa shape index (κ1) is 24.8. The number of amides is 1. The van der Waals surface area contributed by atoms with Gasteiger partial charge in [0.15, 0.2) is 0 Å². The van der Waals surface area contributed by atoms with E-state index in [0.717, 1.165) is 54.8 Å². The van der Waals surface area contributed by atoms with Gasteiger partial charge in [-0.05, 0) is 67.1 Å². The highest BCUT2D eigenvalue weighted by Gasteiger charge is 2.61. The first-order valence-electron chi connectivity index (χ1n) is 12.0. The minimum absolute atomic E-state index is 0.256. The van der Waals surface area contributed by atoms with Crippen molar-refractivity contribution < 1.29 is 4.79 Å². The highest BCUT2D eigenvalue weighted by Crippen LogP contribution is 2.56. The Labute approximate surface area is 213 Å². The fourth-order valence-corrected chi connectivity index (χ4v) is 5.26. The Morgan fingerprint density at radius 2 is 1.32 bits per heavy atom. The summed E-state index contributed by atoms with van der Waals surface area (Å²) in [6, 6.07) is 26.4. The molecule has 3 nitrogen and oxygen atoms in total. The molecule has 1 saturated carbocycles. The third-order valence-corrected chi connectivity index (χ3v) is 7.45. The molecule has 2 atom stereocenters. The van der Waals surface area contributed by atoms with Crippen molar-refractivity contribution in [2.24, 2.45) is 5.92 Å². The normalized spacial score (nSPS) is 19.3. The minimum Gasteiger partial charge on any atom is -0.342 e. The zero-order valence-electron chi connectivity index (χ0n) is 19.9. The molecule has 4 rings (SSSR count). The molecule has 0 saturated heterocycles. The standard InChI is InChI=1S/C29H32Cl2N2O/c1-3-33(4-2)28(34)29(24-8-6-5-7-9-24)18-25(29)21-32(19-22-10-14-26(30)15-11-22)20-23-12-16-27(31)17-13-23/h5-17,25H,3-4,18-21H2,1-2H3/t25-,29-/m0/s1. The van der Waals surface area contributed by atoms with E-state index in [0.29, 0.717) is 0 Å². The lowest BCUT2D eigenvalue weighted by Gasteiger charge is -2.29. The Kier molecular flexibility index (Phi) is 7.98. The second-order valence-corrected chi connectivity index (χ2v) is 10.0. The van der Waals surface area contributed by atoms with Crippen molar-refractivity contribution in [1.82, 2.24) is 9.80 Å². The summed E-state index contributed by atoms with van der Waals surface area (Å²) in [5, 5.41) is 1.48. The van der Waals surface area contributed by atoms with Gasteiger partial charge in [0.25, 0.3) is 0 Å². The van der Waals surface area contributed by atoms with Crippen molar-refractivity contribution in [3.05, 3.63) is 106 Å². The maximum Gasteiger partial charge on any atom is 0.233 e. The maximum atomic E-state index is 13.8. The fraction of sp³-hybridized carbons (Fsp3) is 0.345. The number of hydrogen-bond donors (Lipinski definition) is 0. The molecule has 0 bridgehead atoms. The van der Waals surface area contributed by atoms with E-state index in [2.05, 4.69) is 55.1 Å². The van der Waals surface area contributed by atoms with Gasteiger partial charge in [-0.1, -0.05) is 77.8 Å². The van der Waals surface area contributed by atoms with Crippen LogP contribution in [0, 0.1) is 5.92 Å². The highest BCUT2D eigenvalue weighted by atomic mass is 35.5. The number of carbonyl (C=O) groups excluding carboxylic acids is 1. The fourth-order valence-electron chi connectivity index (χ4n) is 5.01. The predicted molar refractivity (Wildman–Crippen MR) is 141 cm³/mol. The largest absolute Gasteiger partial charge is 0.342 e. The number of hydrogen-bond acceptors (Lipinski definition) is 2. The van der Waals surface area contributed by atoms with Gasteiger partial charge in [0.2, 0.25) is 5.91 Å². The van der Waals surface area contributed by atoms with E-state index in [1.54, 1.807) is 0 Å². The van der Waals surface area contributed by atoms with Gasteiger partial charge >= 0.3 is 0 Å². The van der Waals surface area contributed by atoms with Crippen LogP contribution in [-0.4, -0.2) is 35.3 Å². The summed E-state index contributed by atoms with van der Waals surface area (Å²) in [6.45, 7) is 8.01. The van der Waals surface area contributed by atoms with E-state index in [1.165, 1.54) is 11.1 Å². The van der Waals surface area contributed by atoms with Gasteiger partial charge in [0.05, 0.1) is 5.41 Å². The number of halogens is 2. The van der Waals surface area contributed by atoms with E-state index in [1.807, 2.05) is 47.4 Å². The smallest absolute Gasteiger partial charge is 0.233 e. The summed E-state index contributed by atoms with van der Waals surface area (Å²) >= 11 is 12.2. The third-order valence-electron chi connectivity index (χ3n) is 6.94. The quantitative estimate of drug-likeness (QED) is 0.308. The van der Waals surface area contributed by atoms with Crippen LogP contribution >= 0.6 is 23.2 Å². The van der Waals surface area contributed by atoms with E-state index in [4.69, 9.17) is 23.2 Å². The van der Waals surface area contributed by atoms with E-state index < -0.39 is 5.41 Å². The molecular weight excluding hydrogens is 463 g/mol. The second kappa shape index (κ2) is 10.9. The Morgan fingerprint density at radius 1 is 0.824 bits per heavy atom. The highest BCUT2D eigenvalue weighted by molar-refractivity contribution is 6.30. The lowest BCUT2D eigenvalue weighted by molar-refractivity contribution is -0.134. The molecule has 0 aliphatic heterocycles. The molecule has 1 amide bonds. The van der Waals surface area contributed by atoms with Crippen molar-refractivity contribution in [3.8, 4) is 0 Å². The number of rotatable bonds is 10. The number of carbonyl (C=O) groups is 1. The van der Waals surface area contributed by atoms with Crippen molar-refractivity contribution in [1.29, 1.82) is 0 Å². The molecular formula is C29H32Cl2N2O. The van der Waals surface area contributed by atoms with Crippen LogP contribution in [0.3, 0.4) is 0 Å². The summed E-state index contributed by atoms with van der Waals surface area (Å²) in [6.07, 6.45) is 0.879. The first-order valence-corrected chi connectivity index (χ1v) is 12.8. The molecule has 0 radical (unpaired) electrons. The van der Waals surface area contributed by atoms with Gasteiger partial charge in [-0.3, -0.25) is 9.69 Å². The minimum atomic E-state index is -0.439. The Hall–Kier alpha value is -2.33. The van der Waals surface area contributed by atoms with Crippen molar-refractivity contribution >= 4 is 29.1 Å². The molecule has 34 heavy (non-hydrogen) atoms. The van der Waals surface area contributed by atoms with Crippen LogP contribution in [-0.2, 0) is 23.3 Å². The van der Waals surface area contributed by atoms with Crippen LogP contribution < -0.4 is 0 Å². The molecule has 1 aliphatic carbocycles. The summed E-state index contributed by atoms with van der Waals surface area (Å²) in [7, 11) is 0. The molecule has 0 heterocycles. The number of nitrogens with zero attached hydrogens (tertiary/aromatic N) is 2. The van der Waals surface area contributed by atoms with Crippen LogP contribution in [0.4, 0.5) is 0 Å². The lowest BCUT2D eigenvalue weighted by atomic mass is 9.91. The third kappa shape index (κ3) is 5.49. The van der Waals surface area contributed by atoms with Crippen LogP contribution in [0.25, 0.3) is 0 Å². The van der Waals surface area contributed by atoms with Gasteiger partial charge in [0.1, 0.15) is 0 Å². The Balaban J connectivity index is 1.60. The molecule has 5 heteroatoms. The molecule has 1 fully saturated rings. The maximum absolute atomic E-state index is 13.8. The summed E-state index contributed by atoms with van der Waals surface area (Å²) in [5.41, 5.74) is 3.11. The predicted octanol–water partition coefficient (Wildman–Crippen LogP) is 6.82. The van der Waals surface area contributed by atoms with Crippen molar-refractivity contribution in [2.75, 3.05) is 19.6 Å². The van der Waals surface area contributed by atoms with Crippen LogP contribution in [0.1, 0.15) is 37.0 Å². The lowest BCUT2D eigenvalue weighted by Crippen LogP contribution is -2.41. The van der Waals surface area contributed by atoms with Gasteiger partial charge in [-0.2, -0.15) is 0 Å². The van der Waals surface area contributed by atoms with Gasteiger partial charge in [-0.15, -0.1) is 0 Å². The number of likely N-dealkylation sites (N-methyl/N-ethyl adjacent to an activating group) is 1. The van der Waals surface area contributed by atoms with E-state index >= 15 is 0 Å². The Morgan fingerprint density at radius 3 is 1.79 bits per heavy atom. The average molecular weight is 495 g/mol. The molecule has 0 unspecified atom stereocenters. The van der Waals surface area contributed by atoms with Gasteiger partial charge in [0, 0.05) is 42.8 Å². The SMILES string of the molecule is CCN(CC)C(=O)[C@]1(c2ccccc2)C[C@H]1CN(Cc1ccc(Cl)cc1)Cc1ccc(Cl)cc1. The molecule has 3 aromatic rings. The zero-order chi connectivity index (χ0) is 24.1. The zero-order valence-corrected chi connectivity index (χ0v) is 21.4. The number of benzene rings is 3. The average Bonchev–Trinajstić information content (AvgIpc) is 3.58. The van der Waals surface area contributed by atoms with Crippen LogP contribution in [0.2, 0.25) is 10.0 Å². The van der Waals surface area contributed by atoms with Crippen molar-refractivity contribution in [2.45, 2.75) is 38.8 Å². The van der Waals surface area contributed by atoms with Crippen LogP contribution in [0.5, 0.6) is 0 Å².